The van der Waals surface area contributed by atoms with Crippen molar-refractivity contribution in [3.05, 3.63) is 52.6 Å². The van der Waals surface area contributed by atoms with Gasteiger partial charge in [-0.2, -0.15) is 0 Å². The Kier molecular flexibility index (Phi) is 2.75. The van der Waals surface area contributed by atoms with Crippen molar-refractivity contribution in [2.24, 2.45) is 0 Å². The largest absolute Gasteiger partial charge is 0.358 e. The number of carbonyl (C=O) groups is 1. The van der Waals surface area contributed by atoms with Crippen molar-refractivity contribution in [3.8, 4) is 0 Å². The zero-order chi connectivity index (χ0) is 30.6. The molecule has 0 aliphatic carbocycles. The third kappa shape index (κ3) is 4.17. The summed E-state index contributed by atoms with van der Waals surface area (Å²) >= 11 is 1.04. The van der Waals surface area contributed by atoms with Crippen LogP contribution in [0, 0.1) is 0 Å². The number of aryl methyl sites for hydroxylation is 1. The van der Waals surface area contributed by atoms with Gasteiger partial charge in [0.05, 0.1) is 6.85 Å². The van der Waals surface area contributed by atoms with Crippen molar-refractivity contribution in [2.75, 3.05) is 31.6 Å². The number of hydrogen-bond acceptors (Lipinski definition) is 4. The number of benzene rings is 1. The fourth-order valence-electron chi connectivity index (χ4n) is 2.87. The van der Waals surface area contributed by atoms with Gasteiger partial charge in [0.2, 0.25) is 5.91 Å². The number of nitrogens with zero attached hydrogens (tertiary/aromatic N) is 2. The zero-order valence-electron chi connectivity index (χ0n) is 28.2. The highest BCUT2D eigenvalue weighted by Gasteiger charge is 2.42. The smallest absolute Gasteiger partial charge is 0.229 e. The summed E-state index contributed by atoms with van der Waals surface area (Å²) < 4.78 is 120. The number of piperidine rings is 1. The summed E-state index contributed by atoms with van der Waals surface area (Å²) in [5.41, 5.74) is -2.75. The maximum Gasteiger partial charge on any atom is 0.229 e. The normalized spacial score (nSPS) is 27.1. The van der Waals surface area contributed by atoms with E-state index < -0.39 is 73.6 Å². The average Bonchev–Trinajstić information content (AvgIpc) is 3.44. The molecule has 1 aliphatic heterocycles. The van der Waals surface area contributed by atoms with E-state index in [9.17, 15) is 4.79 Å². The standard InChI is InChI=1S/C21H28N2O2S/c1-3-20(24)23(18-8-5-4-6-9-18)21(25-2)12-15-22(16-13-21)14-11-19-10-7-17-26-19/h4-10,17H,3,11-16H2,1-2H3/i1D3,3D2,4D,5D,6D,8D,9D,11D2,14D2. The molecule has 1 aromatic carbocycles. The van der Waals surface area contributed by atoms with Gasteiger partial charge in [-0.25, -0.2) is 0 Å². The second-order valence-electron chi connectivity index (χ2n) is 5.59. The van der Waals surface area contributed by atoms with E-state index in [2.05, 4.69) is 0 Å². The third-order valence-electron chi connectivity index (χ3n) is 4.21. The van der Waals surface area contributed by atoms with Crippen LogP contribution in [-0.2, 0) is 15.9 Å². The Morgan fingerprint density at radius 2 is 2.19 bits per heavy atom. The molecule has 4 nitrogen and oxygen atoms in total. The van der Waals surface area contributed by atoms with E-state index in [1.54, 1.807) is 11.4 Å². The number of methoxy groups -OCH3 is 1. The van der Waals surface area contributed by atoms with Crippen molar-refractivity contribution >= 4 is 22.9 Å². The Balaban J connectivity index is 2.15. The second-order valence-corrected chi connectivity index (χ2v) is 6.54. The SMILES string of the molecule is [2H]c1c([2H])c([2H])c(N(C(=O)C([2H])([2H])C([2H])([2H])[2H])C2(OC)CCN(C([2H])([2H])C([2H])([2H])c3cccs3)CC2)c([2H])c1[2H]. The van der Waals surface area contributed by atoms with Crippen molar-refractivity contribution in [1.29, 1.82) is 0 Å². The molecule has 140 valence electrons. The summed E-state index contributed by atoms with van der Waals surface area (Å²) in [6, 6.07) is -1.19. The first-order valence-electron chi connectivity index (χ1n) is 14.9. The van der Waals surface area contributed by atoms with Crippen LogP contribution in [0.4, 0.5) is 5.69 Å². The Hall–Kier alpha value is -1.69. The molecule has 1 amide bonds. The first-order valence-corrected chi connectivity index (χ1v) is 8.83. The fourth-order valence-corrected chi connectivity index (χ4v) is 3.44. The highest BCUT2D eigenvalue weighted by molar-refractivity contribution is 7.09. The van der Waals surface area contributed by atoms with E-state index >= 15 is 0 Å². The van der Waals surface area contributed by atoms with Gasteiger partial charge < -0.3 is 9.64 Å². The molecular formula is C21H28N2O2S. The average molecular weight is 387 g/mol. The molecule has 0 unspecified atom stereocenters. The van der Waals surface area contributed by atoms with Crippen LogP contribution < -0.4 is 4.90 Å². The molecule has 1 saturated heterocycles. The van der Waals surface area contributed by atoms with Crippen molar-refractivity contribution in [2.45, 2.75) is 38.2 Å². The molecule has 2 aromatic rings. The number of ether oxygens (including phenoxy) is 1. The Morgan fingerprint density at radius 1 is 1.42 bits per heavy atom. The lowest BCUT2D eigenvalue weighted by Gasteiger charge is -2.47. The molecule has 0 N–H and O–H groups in total. The van der Waals surface area contributed by atoms with E-state index in [1.165, 1.54) is 11.0 Å². The summed E-state index contributed by atoms with van der Waals surface area (Å²) in [4.78, 5) is 15.5. The minimum atomic E-state index is -3.57. The Labute approximate surface area is 180 Å². The summed E-state index contributed by atoms with van der Waals surface area (Å²) in [5.74, 6) is -1.72. The first kappa shape index (κ1) is 8.13. The lowest BCUT2D eigenvalue weighted by atomic mass is 9.96. The van der Waals surface area contributed by atoms with E-state index in [4.69, 9.17) is 23.9 Å². The number of rotatable bonds is 7. The quantitative estimate of drug-likeness (QED) is 0.670. The van der Waals surface area contributed by atoms with Crippen LogP contribution >= 0.6 is 11.3 Å². The first-order chi connectivity index (χ1) is 18.2. The maximum absolute atomic E-state index is 13.7. The number of amides is 1. The van der Waals surface area contributed by atoms with Crippen LogP contribution in [0.1, 0.15) is 50.1 Å². The summed E-state index contributed by atoms with van der Waals surface area (Å²) in [6.07, 6.45) is -6.69. The lowest BCUT2D eigenvalue weighted by molar-refractivity contribution is -0.128. The molecule has 0 bridgehead atoms. The highest BCUT2D eigenvalue weighted by atomic mass is 32.1. The van der Waals surface area contributed by atoms with Crippen molar-refractivity contribution < 1.29 is 28.7 Å². The van der Waals surface area contributed by atoms with Crippen LogP contribution in [0.25, 0.3) is 0 Å². The Morgan fingerprint density at radius 3 is 2.81 bits per heavy atom. The fraction of sp³-hybridized carbons (Fsp3) is 0.476. The van der Waals surface area contributed by atoms with Gasteiger partial charge in [0.25, 0.3) is 0 Å². The second kappa shape index (κ2) is 8.80. The van der Waals surface area contributed by atoms with Gasteiger partial charge in [-0.3, -0.25) is 9.69 Å². The summed E-state index contributed by atoms with van der Waals surface area (Å²) in [5, 5.41) is 1.61. The minimum Gasteiger partial charge on any atom is -0.358 e. The van der Waals surface area contributed by atoms with Crippen LogP contribution in [-0.4, -0.2) is 43.2 Å². The van der Waals surface area contributed by atoms with Crippen molar-refractivity contribution in [1.82, 2.24) is 4.90 Å². The number of likely N-dealkylation sites (tertiary alicyclic amines) is 1. The summed E-state index contributed by atoms with van der Waals surface area (Å²) in [7, 11) is 1.12. The van der Waals surface area contributed by atoms with Gasteiger partial charge in [0, 0.05) is 68.8 Å². The monoisotopic (exact) mass is 386 g/mol. The maximum atomic E-state index is 13.7. The minimum absolute atomic E-state index is 0.142. The number of hydrogen-bond donors (Lipinski definition) is 0. The van der Waals surface area contributed by atoms with Crippen LogP contribution in [0.5, 0.6) is 0 Å². The predicted octanol–water partition coefficient (Wildman–Crippen LogP) is 4.17. The molecule has 0 saturated carbocycles. The molecule has 2 heterocycles. The topological polar surface area (TPSA) is 32.8 Å². The van der Waals surface area contributed by atoms with Gasteiger partial charge in [-0.15, -0.1) is 11.3 Å². The number of para-hydroxylation sites is 1. The molecule has 1 aliphatic rings. The molecule has 3 rings (SSSR count). The van der Waals surface area contributed by atoms with Gasteiger partial charge in [0.1, 0.15) is 5.72 Å². The number of thiophene rings is 1. The van der Waals surface area contributed by atoms with E-state index in [0.29, 0.717) is 4.90 Å². The zero-order valence-corrected chi connectivity index (χ0v) is 15.0. The molecule has 0 radical (unpaired) electrons. The molecule has 1 aromatic heterocycles. The molecule has 0 spiro atoms. The predicted molar refractivity (Wildman–Crippen MR) is 108 cm³/mol. The summed E-state index contributed by atoms with van der Waals surface area (Å²) in [6.45, 7) is -6.61. The van der Waals surface area contributed by atoms with Crippen LogP contribution in [0.15, 0.2) is 47.7 Å². The molecule has 0 atom stereocenters. The molecule has 1 fully saturated rings. The van der Waals surface area contributed by atoms with Gasteiger partial charge in [-0.1, -0.05) is 31.0 Å². The molecule has 26 heavy (non-hydrogen) atoms. The van der Waals surface area contributed by atoms with Gasteiger partial charge >= 0.3 is 0 Å². The van der Waals surface area contributed by atoms with E-state index in [0.717, 1.165) is 18.4 Å². The molecular weight excluding hydrogens is 344 g/mol. The van der Waals surface area contributed by atoms with Crippen LogP contribution in [0.3, 0.4) is 0 Å². The number of carbonyl (C=O) groups excluding carboxylic acids is 1. The van der Waals surface area contributed by atoms with Crippen molar-refractivity contribution in [3.63, 3.8) is 0 Å². The Bertz CT molecular complexity index is 1230. The van der Waals surface area contributed by atoms with Crippen LogP contribution in [0.2, 0.25) is 0 Å². The van der Waals surface area contributed by atoms with E-state index in [1.807, 2.05) is 0 Å². The van der Waals surface area contributed by atoms with Gasteiger partial charge in [0.15, 0.2) is 0 Å². The van der Waals surface area contributed by atoms with Gasteiger partial charge in [-0.05, 0) is 29.9 Å². The van der Waals surface area contributed by atoms with E-state index in [-0.39, 0.29) is 30.8 Å². The lowest BCUT2D eigenvalue weighted by Crippen LogP contribution is -2.59. The number of anilines is 1. The third-order valence-corrected chi connectivity index (χ3v) is 5.00. The highest BCUT2D eigenvalue weighted by Crippen LogP contribution is 2.34. The molecule has 5 heteroatoms.